The van der Waals surface area contributed by atoms with E-state index in [1.165, 1.54) is 19.3 Å². The first-order valence-corrected chi connectivity index (χ1v) is 7.88. The summed E-state index contributed by atoms with van der Waals surface area (Å²) in [5, 5.41) is 8.10. The molecule has 0 radical (unpaired) electrons. The molecule has 1 fully saturated rings. The van der Waals surface area contributed by atoms with Gasteiger partial charge < -0.3 is 5.32 Å². The number of hydrazone groups is 1. The molecule has 0 unspecified atom stereocenters. The van der Waals surface area contributed by atoms with Gasteiger partial charge in [0.1, 0.15) is 0 Å². The van der Waals surface area contributed by atoms with E-state index in [-0.39, 0.29) is 12.1 Å². The van der Waals surface area contributed by atoms with Crippen molar-refractivity contribution in [3.05, 3.63) is 33.8 Å². The van der Waals surface area contributed by atoms with Crippen LogP contribution in [0.4, 0.5) is 4.79 Å². The number of halogens is 2. The number of benzene rings is 1. The van der Waals surface area contributed by atoms with E-state index < -0.39 is 0 Å². The van der Waals surface area contributed by atoms with Gasteiger partial charge in [-0.15, -0.1) is 0 Å². The molecule has 114 valence electrons. The minimum Gasteiger partial charge on any atom is -0.334 e. The molecule has 1 aromatic carbocycles. The number of carbonyl (C=O) groups excluding carboxylic acids is 1. The molecule has 1 saturated carbocycles. The van der Waals surface area contributed by atoms with Crippen molar-refractivity contribution in [1.82, 2.24) is 10.7 Å². The van der Waals surface area contributed by atoms with Gasteiger partial charge in [0.15, 0.2) is 0 Å². The Hall–Kier alpha value is -1.26. The summed E-state index contributed by atoms with van der Waals surface area (Å²) < 4.78 is 0. The second-order valence-corrected chi connectivity index (χ2v) is 6.09. The molecule has 1 aromatic rings. The van der Waals surface area contributed by atoms with Gasteiger partial charge in [0.2, 0.25) is 0 Å². The van der Waals surface area contributed by atoms with Gasteiger partial charge in [0, 0.05) is 16.6 Å². The van der Waals surface area contributed by atoms with Crippen LogP contribution in [-0.4, -0.2) is 17.8 Å². The summed E-state index contributed by atoms with van der Waals surface area (Å²) in [6.45, 7) is 1.79. The van der Waals surface area contributed by atoms with Gasteiger partial charge in [0.25, 0.3) is 0 Å². The minimum absolute atomic E-state index is 0.258. The molecule has 2 amide bonds. The first-order valence-electron chi connectivity index (χ1n) is 7.12. The second-order valence-electron chi connectivity index (χ2n) is 5.24. The SMILES string of the molecule is C/C(=N/NC(=O)NC1CCCCC1)c1ccc(Cl)cc1Cl. The first-order chi connectivity index (χ1) is 10.1. The highest BCUT2D eigenvalue weighted by Crippen LogP contribution is 2.21. The monoisotopic (exact) mass is 327 g/mol. The summed E-state index contributed by atoms with van der Waals surface area (Å²) in [5.41, 5.74) is 3.90. The molecule has 0 spiro atoms. The number of rotatable bonds is 3. The number of hydrogen-bond acceptors (Lipinski definition) is 2. The van der Waals surface area contributed by atoms with Crippen molar-refractivity contribution in [3.63, 3.8) is 0 Å². The molecule has 21 heavy (non-hydrogen) atoms. The van der Waals surface area contributed by atoms with E-state index in [2.05, 4.69) is 15.8 Å². The summed E-state index contributed by atoms with van der Waals surface area (Å²) in [4.78, 5) is 11.8. The second kappa shape index (κ2) is 7.66. The molecule has 0 bridgehead atoms. The van der Waals surface area contributed by atoms with Gasteiger partial charge in [-0.25, -0.2) is 10.2 Å². The fourth-order valence-electron chi connectivity index (χ4n) is 2.44. The molecular weight excluding hydrogens is 309 g/mol. The van der Waals surface area contributed by atoms with Crippen molar-refractivity contribution >= 4 is 34.9 Å². The third-order valence-electron chi connectivity index (χ3n) is 3.59. The van der Waals surface area contributed by atoms with E-state index in [4.69, 9.17) is 23.2 Å². The molecule has 0 aromatic heterocycles. The third-order valence-corrected chi connectivity index (χ3v) is 4.13. The zero-order valence-electron chi connectivity index (χ0n) is 12.0. The molecule has 0 atom stereocenters. The van der Waals surface area contributed by atoms with E-state index in [1.807, 2.05) is 0 Å². The summed E-state index contributed by atoms with van der Waals surface area (Å²) >= 11 is 12.0. The molecule has 2 rings (SSSR count). The Morgan fingerprint density at radius 1 is 1.24 bits per heavy atom. The fourth-order valence-corrected chi connectivity index (χ4v) is 2.99. The highest BCUT2D eigenvalue weighted by Gasteiger charge is 2.15. The van der Waals surface area contributed by atoms with Gasteiger partial charge in [-0.05, 0) is 31.9 Å². The van der Waals surface area contributed by atoms with Crippen LogP contribution in [0.2, 0.25) is 10.0 Å². The van der Waals surface area contributed by atoms with E-state index in [9.17, 15) is 4.79 Å². The predicted octanol–water partition coefficient (Wildman–Crippen LogP) is 4.35. The average molecular weight is 328 g/mol. The van der Waals surface area contributed by atoms with Crippen molar-refractivity contribution in [2.75, 3.05) is 0 Å². The van der Waals surface area contributed by atoms with Gasteiger partial charge in [0.05, 0.1) is 10.7 Å². The van der Waals surface area contributed by atoms with Crippen molar-refractivity contribution < 1.29 is 4.79 Å². The number of urea groups is 1. The van der Waals surface area contributed by atoms with Crippen molar-refractivity contribution in [2.45, 2.75) is 45.1 Å². The van der Waals surface area contributed by atoms with E-state index in [0.717, 1.165) is 18.4 Å². The van der Waals surface area contributed by atoms with Gasteiger partial charge >= 0.3 is 6.03 Å². The Balaban J connectivity index is 1.91. The Bertz CT molecular complexity index is 540. The maximum Gasteiger partial charge on any atom is 0.335 e. The van der Waals surface area contributed by atoms with Crippen molar-refractivity contribution in [1.29, 1.82) is 0 Å². The summed E-state index contributed by atoms with van der Waals surface area (Å²) in [6.07, 6.45) is 5.69. The molecule has 4 nitrogen and oxygen atoms in total. The van der Waals surface area contributed by atoms with Crippen molar-refractivity contribution in [2.24, 2.45) is 5.10 Å². The van der Waals surface area contributed by atoms with Gasteiger partial charge in [-0.1, -0.05) is 48.5 Å². The Labute approximate surface area is 134 Å². The Morgan fingerprint density at radius 3 is 2.62 bits per heavy atom. The molecule has 0 heterocycles. The van der Waals surface area contributed by atoms with Crippen LogP contribution in [0.3, 0.4) is 0 Å². The van der Waals surface area contributed by atoms with E-state index in [0.29, 0.717) is 15.8 Å². The number of amides is 2. The predicted molar refractivity (Wildman–Crippen MR) is 87.2 cm³/mol. The van der Waals surface area contributed by atoms with Gasteiger partial charge in [-0.3, -0.25) is 0 Å². The molecule has 1 aliphatic rings. The normalized spacial score (nSPS) is 16.6. The number of hydrogen-bond donors (Lipinski definition) is 2. The Kier molecular flexibility index (Phi) is 5.88. The highest BCUT2D eigenvalue weighted by atomic mass is 35.5. The van der Waals surface area contributed by atoms with Crippen LogP contribution in [0.25, 0.3) is 0 Å². The van der Waals surface area contributed by atoms with Crippen LogP contribution in [0.1, 0.15) is 44.6 Å². The lowest BCUT2D eigenvalue weighted by Gasteiger charge is -2.22. The maximum absolute atomic E-state index is 11.8. The molecule has 6 heteroatoms. The lowest BCUT2D eigenvalue weighted by atomic mass is 9.96. The average Bonchev–Trinajstić information content (AvgIpc) is 2.46. The number of carbonyl (C=O) groups is 1. The van der Waals surface area contributed by atoms with E-state index in [1.54, 1.807) is 25.1 Å². The summed E-state index contributed by atoms with van der Waals surface area (Å²) in [5.74, 6) is 0. The van der Waals surface area contributed by atoms with Crippen LogP contribution in [0.5, 0.6) is 0 Å². The first kappa shape index (κ1) is 16.1. The lowest BCUT2D eigenvalue weighted by Crippen LogP contribution is -2.41. The minimum atomic E-state index is -0.272. The van der Waals surface area contributed by atoms with E-state index >= 15 is 0 Å². The molecule has 0 saturated heterocycles. The highest BCUT2D eigenvalue weighted by molar-refractivity contribution is 6.37. The van der Waals surface area contributed by atoms with Gasteiger partial charge in [-0.2, -0.15) is 5.10 Å². The molecule has 0 aliphatic heterocycles. The zero-order chi connectivity index (χ0) is 15.2. The fraction of sp³-hybridized carbons (Fsp3) is 0.467. The third kappa shape index (κ3) is 4.90. The summed E-state index contributed by atoms with van der Waals surface area (Å²) in [6, 6.07) is 5.16. The zero-order valence-corrected chi connectivity index (χ0v) is 13.5. The number of nitrogens with zero attached hydrogens (tertiary/aromatic N) is 1. The van der Waals surface area contributed by atoms with Crippen LogP contribution in [-0.2, 0) is 0 Å². The van der Waals surface area contributed by atoms with Crippen LogP contribution < -0.4 is 10.7 Å². The largest absolute Gasteiger partial charge is 0.335 e. The molecule has 2 N–H and O–H groups in total. The van der Waals surface area contributed by atoms with Crippen LogP contribution in [0.15, 0.2) is 23.3 Å². The maximum atomic E-state index is 11.8. The van der Waals surface area contributed by atoms with Crippen LogP contribution in [0, 0.1) is 0 Å². The Morgan fingerprint density at radius 2 is 1.95 bits per heavy atom. The molecule has 1 aliphatic carbocycles. The van der Waals surface area contributed by atoms with Crippen molar-refractivity contribution in [3.8, 4) is 0 Å². The topological polar surface area (TPSA) is 53.5 Å². The lowest BCUT2D eigenvalue weighted by molar-refractivity contribution is 0.233. The number of nitrogens with one attached hydrogen (secondary N) is 2. The van der Waals surface area contributed by atoms with Crippen LogP contribution >= 0.6 is 23.2 Å². The molecular formula is C15H19Cl2N3O. The smallest absolute Gasteiger partial charge is 0.334 e. The quantitative estimate of drug-likeness (QED) is 0.629. The summed E-state index contributed by atoms with van der Waals surface area (Å²) in [7, 11) is 0. The standard InChI is InChI=1S/C15H19Cl2N3O/c1-10(13-8-7-11(16)9-14(13)17)19-20-15(21)18-12-5-3-2-4-6-12/h7-9,12H,2-6H2,1H3,(H2,18,20,21)/b19-10-.